The molecule has 1 atom stereocenters. The molecule has 1 unspecified atom stereocenters. The van der Waals surface area contributed by atoms with Gasteiger partial charge in [-0.05, 0) is 60.7 Å². The molecule has 2 nitrogen and oxygen atoms in total. The minimum Gasteiger partial charge on any atom is -0.497 e. The molecule has 3 aromatic rings. The van der Waals surface area contributed by atoms with Gasteiger partial charge in [0.2, 0.25) is 0 Å². The first kappa shape index (κ1) is 13.7. The van der Waals surface area contributed by atoms with Crippen molar-refractivity contribution >= 4 is 22.5 Å². The Balaban J connectivity index is 1.82. The lowest BCUT2D eigenvalue weighted by molar-refractivity contribution is 0.414. The van der Waals surface area contributed by atoms with Crippen LogP contribution in [0, 0.1) is 0 Å². The van der Waals surface area contributed by atoms with Crippen LogP contribution in [0.15, 0.2) is 42.5 Å². The monoisotopic (exact) mass is 311 g/mol. The van der Waals surface area contributed by atoms with Gasteiger partial charge in [0.15, 0.2) is 0 Å². The van der Waals surface area contributed by atoms with Gasteiger partial charge >= 0.3 is 0 Å². The van der Waals surface area contributed by atoms with Crippen molar-refractivity contribution in [1.82, 2.24) is 4.98 Å². The number of aromatic amines is 1. The highest BCUT2D eigenvalue weighted by atomic mass is 35.5. The summed E-state index contributed by atoms with van der Waals surface area (Å²) in [6.45, 7) is 0. The van der Waals surface area contributed by atoms with Crippen LogP contribution < -0.4 is 4.74 Å². The van der Waals surface area contributed by atoms with Gasteiger partial charge in [0.05, 0.1) is 7.11 Å². The quantitative estimate of drug-likeness (QED) is 0.682. The van der Waals surface area contributed by atoms with Crippen LogP contribution in [-0.4, -0.2) is 12.1 Å². The van der Waals surface area contributed by atoms with Crippen molar-refractivity contribution in [2.24, 2.45) is 0 Å². The Labute approximate surface area is 135 Å². The fraction of sp³-hybridized carbons (Fsp3) is 0.263. The van der Waals surface area contributed by atoms with Crippen LogP contribution >= 0.6 is 11.6 Å². The predicted octanol–water partition coefficient (Wildman–Crippen LogP) is 5.30. The van der Waals surface area contributed by atoms with Crippen molar-refractivity contribution in [2.45, 2.75) is 25.2 Å². The van der Waals surface area contributed by atoms with Crippen LogP contribution in [-0.2, 0) is 6.42 Å². The normalized spacial score (nSPS) is 17.5. The average molecular weight is 312 g/mol. The summed E-state index contributed by atoms with van der Waals surface area (Å²) in [7, 11) is 1.70. The van der Waals surface area contributed by atoms with Gasteiger partial charge in [-0.3, -0.25) is 0 Å². The molecular formula is C19H18ClNO. The zero-order chi connectivity index (χ0) is 15.1. The van der Waals surface area contributed by atoms with Crippen molar-refractivity contribution in [3.63, 3.8) is 0 Å². The van der Waals surface area contributed by atoms with E-state index in [9.17, 15) is 0 Å². The van der Waals surface area contributed by atoms with E-state index in [-0.39, 0.29) is 0 Å². The smallest absolute Gasteiger partial charge is 0.118 e. The molecule has 1 aromatic heterocycles. The summed E-state index contributed by atoms with van der Waals surface area (Å²) >= 11 is 6.18. The fourth-order valence-electron chi connectivity index (χ4n) is 3.60. The number of nitrogens with one attached hydrogen (secondary N) is 1. The molecule has 0 fully saturated rings. The van der Waals surface area contributed by atoms with E-state index in [0.29, 0.717) is 5.92 Å². The summed E-state index contributed by atoms with van der Waals surface area (Å²) in [5, 5.41) is 2.08. The number of hydrogen-bond acceptors (Lipinski definition) is 1. The van der Waals surface area contributed by atoms with E-state index >= 15 is 0 Å². The summed E-state index contributed by atoms with van der Waals surface area (Å²) in [6, 6.07) is 14.6. The molecule has 22 heavy (non-hydrogen) atoms. The zero-order valence-electron chi connectivity index (χ0n) is 12.5. The largest absolute Gasteiger partial charge is 0.497 e. The van der Waals surface area contributed by atoms with Gasteiger partial charge in [0.1, 0.15) is 5.75 Å². The number of benzene rings is 2. The van der Waals surface area contributed by atoms with Crippen LogP contribution in [0.1, 0.15) is 35.6 Å². The Morgan fingerprint density at radius 1 is 1.14 bits per heavy atom. The first-order chi connectivity index (χ1) is 10.8. The minimum absolute atomic E-state index is 0.431. The van der Waals surface area contributed by atoms with Crippen LogP contribution in [0.5, 0.6) is 5.75 Å². The number of ether oxygens (including phenoxy) is 1. The van der Waals surface area contributed by atoms with Crippen molar-refractivity contribution in [2.75, 3.05) is 7.11 Å². The molecule has 1 N–H and O–H groups in total. The van der Waals surface area contributed by atoms with Crippen molar-refractivity contribution in [1.29, 1.82) is 0 Å². The van der Waals surface area contributed by atoms with Gasteiger partial charge in [-0.15, -0.1) is 0 Å². The Hall–Kier alpha value is -1.93. The van der Waals surface area contributed by atoms with Crippen LogP contribution in [0.3, 0.4) is 0 Å². The molecule has 3 heteroatoms. The Morgan fingerprint density at radius 3 is 2.73 bits per heavy atom. The second kappa shape index (κ2) is 5.36. The molecule has 112 valence electrons. The zero-order valence-corrected chi connectivity index (χ0v) is 13.3. The molecule has 1 heterocycles. The van der Waals surface area contributed by atoms with E-state index in [1.165, 1.54) is 40.6 Å². The lowest BCUT2D eigenvalue weighted by atomic mass is 9.82. The molecular weight excluding hydrogens is 294 g/mol. The van der Waals surface area contributed by atoms with E-state index in [0.717, 1.165) is 17.2 Å². The molecule has 2 aromatic carbocycles. The molecule has 0 spiro atoms. The molecule has 0 bridgehead atoms. The van der Waals surface area contributed by atoms with E-state index in [4.69, 9.17) is 16.3 Å². The molecule has 0 radical (unpaired) electrons. The highest BCUT2D eigenvalue weighted by Crippen LogP contribution is 2.40. The third-order valence-electron chi connectivity index (χ3n) is 4.69. The van der Waals surface area contributed by atoms with Crippen molar-refractivity contribution in [3.05, 3.63) is 64.3 Å². The topological polar surface area (TPSA) is 25.0 Å². The number of aryl methyl sites for hydroxylation is 1. The number of aromatic nitrogens is 1. The van der Waals surface area contributed by atoms with E-state index < -0.39 is 0 Å². The van der Waals surface area contributed by atoms with Crippen molar-refractivity contribution < 1.29 is 4.74 Å². The lowest BCUT2D eigenvalue weighted by Gasteiger charge is -2.23. The van der Waals surface area contributed by atoms with Gasteiger partial charge in [0.25, 0.3) is 0 Å². The molecule has 4 rings (SSSR count). The van der Waals surface area contributed by atoms with E-state index in [1.807, 2.05) is 18.2 Å². The second-order valence-electron chi connectivity index (χ2n) is 5.93. The highest BCUT2D eigenvalue weighted by molar-refractivity contribution is 6.31. The van der Waals surface area contributed by atoms with Gasteiger partial charge in [0, 0.05) is 27.5 Å². The molecule has 0 amide bonds. The highest BCUT2D eigenvalue weighted by Gasteiger charge is 2.25. The molecule has 1 aliphatic rings. The minimum atomic E-state index is 0.431. The Bertz CT molecular complexity index is 819. The van der Waals surface area contributed by atoms with E-state index in [1.54, 1.807) is 7.11 Å². The third-order valence-corrected chi connectivity index (χ3v) is 4.92. The van der Waals surface area contributed by atoms with Crippen LogP contribution in [0.2, 0.25) is 5.02 Å². The molecule has 0 aliphatic heterocycles. The number of fused-ring (bicyclic) bond motifs is 3. The maximum Gasteiger partial charge on any atom is 0.118 e. The Kier molecular flexibility index (Phi) is 3.34. The van der Waals surface area contributed by atoms with E-state index in [2.05, 4.69) is 29.2 Å². The third kappa shape index (κ3) is 2.19. The maximum atomic E-state index is 6.18. The average Bonchev–Trinajstić information content (AvgIpc) is 2.93. The number of H-pyrrole nitrogens is 1. The first-order valence-electron chi connectivity index (χ1n) is 7.70. The number of halogens is 1. The summed E-state index contributed by atoms with van der Waals surface area (Å²) in [6.07, 6.45) is 3.52. The number of hydrogen-bond donors (Lipinski definition) is 1. The summed E-state index contributed by atoms with van der Waals surface area (Å²) in [5.74, 6) is 1.34. The summed E-state index contributed by atoms with van der Waals surface area (Å²) in [4.78, 5) is 3.63. The van der Waals surface area contributed by atoms with Gasteiger partial charge in [-0.1, -0.05) is 23.7 Å². The van der Waals surface area contributed by atoms with Gasteiger partial charge < -0.3 is 9.72 Å². The molecule has 0 saturated heterocycles. The molecule has 0 saturated carbocycles. The lowest BCUT2D eigenvalue weighted by Crippen LogP contribution is -2.10. The summed E-state index contributed by atoms with van der Waals surface area (Å²) in [5.41, 5.74) is 5.33. The van der Waals surface area contributed by atoms with Crippen LogP contribution in [0.4, 0.5) is 0 Å². The predicted molar refractivity (Wildman–Crippen MR) is 91.1 cm³/mol. The molecule has 1 aliphatic carbocycles. The van der Waals surface area contributed by atoms with Gasteiger partial charge in [-0.2, -0.15) is 0 Å². The number of methoxy groups -OCH3 is 1. The summed E-state index contributed by atoms with van der Waals surface area (Å²) < 4.78 is 5.26. The van der Waals surface area contributed by atoms with Crippen LogP contribution in [0.25, 0.3) is 10.9 Å². The first-order valence-corrected chi connectivity index (χ1v) is 8.08. The maximum absolute atomic E-state index is 6.18. The fourth-order valence-corrected chi connectivity index (χ4v) is 3.78. The Morgan fingerprint density at radius 2 is 1.95 bits per heavy atom. The SMILES string of the molecule is COc1ccc(C2CCCc3c2[nH]c2ccc(Cl)cc32)cc1. The van der Waals surface area contributed by atoms with Gasteiger partial charge in [-0.25, -0.2) is 0 Å². The van der Waals surface area contributed by atoms with Crippen molar-refractivity contribution in [3.8, 4) is 5.75 Å². The standard InChI is InChI=1S/C19H18ClNO/c1-22-14-8-5-12(6-9-14)15-3-2-4-16-17-11-13(20)7-10-18(17)21-19(15)16/h5-11,15,21H,2-4H2,1H3. The second-order valence-corrected chi connectivity index (χ2v) is 6.36. The number of rotatable bonds is 2.